The van der Waals surface area contributed by atoms with E-state index in [9.17, 15) is 9.90 Å². The Balaban J connectivity index is 1.83. The summed E-state index contributed by atoms with van der Waals surface area (Å²) in [5, 5.41) is 12.8. The monoisotopic (exact) mass is 283 g/mol. The predicted octanol–water partition coefficient (Wildman–Crippen LogP) is 0.998. The SMILES string of the molecule is CN(C)C1CCCN(CCC(C)(NC2CC2)C(=O)O)C1. The maximum absolute atomic E-state index is 11.5. The topological polar surface area (TPSA) is 55.8 Å². The van der Waals surface area contributed by atoms with Crippen molar-refractivity contribution in [2.75, 3.05) is 33.7 Å². The van der Waals surface area contributed by atoms with Gasteiger partial charge in [-0.3, -0.25) is 10.1 Å². The third-order valence-corrected chi connectivity index (χ3v) is 4.71. The Kier molecular flexibility index (Phi) is 5.04. The molecule has 5 nitrogen and oxygen atoms in total. The van der Waals surface area contributed by atoms with E-state index in [1.54, 1.807) is 0 Å². The molecule has 2 aliphatic rings. The van der Waals surface area contributed by atoms with Gasteiger partial charge in [0.25, 0.3) is 0 Å². The minimum Gasteiger partial charge on any atom is -0.480 e. The van der Waals surface area contributed by atoms with Gasteiger partial charge in [-0.25, -0.2) is 0 Å². The van der Waals surface area contributed by atoms with Gasteiger partial charge in [-0.1, -0.05) is 0 Å². The van der Waals surface area contributed by atoms with Gasteiger partial charge in [-0.05, 0) is 59.7 Å². The van der Waals surface area contributed by atoms with E-state index in [1.807, 2.05) is 6.92 Å². The van der Waals surface area contributed by atoms with Crippen molar-refractivity contribution in [1.82, 2.24) is 15.1 Å². The molecule has 2 rings (SSSR count). The number of likely N-dealkylation sites (N-methyl/N-ethyl adjacent to an activating group) is 1. The zero-order valence-corrected chi connectivity index (χ0v) is 13.1. The van der Waals surface area contributed by atoms with E-state index >= 15 is 0 Å². The van der Waals surface area contributed by atoms with Crippen molar-refractivity contribution in [2.45, 2.75) is 56.7 Å². The molecule has 0 bridgehead atoms. The molecule has 0 aromatic heterocycles. The number of carbonyl (C=O) groups is 1. The summed E-state index contributed by atoms with van der Waals surface area (Å²) in [5.41, 5.74) is -0.772. The third-order valence-electron chi connectivity index (χ3n) is 4.71. The number of nitrogens with zero attached hydrogens (tertiary/aromatic N) is 2. The molecule has 1 aliphatic carbocycles. The average molecular weight is 283 g/mol. The van der Waals surface area contributed by atoms with Crippen LogP contribution in [-0.4, -0.2) is 72.2 Å². The van der Waals surface area contributed by atoms with Crippen molar-refractivity contribution < 1.29 is 9.90 Å². The molecule has 2 N–H and O–H groups in total. The predicted molar refractivity (Wildman–Crippen MR) is 80.0 cm³/mol. The highest BCUT2D eigenvalue weighted by atomic mass is 16.4. The molecule has 0 spiro atoms. The minimum atomic E-state index is -0.772. The summed E-state index contributed by atoms with van der Waals surface area (Å²) in [5.74, 6) is -0.717. The summed E-state index contributed by atoms with van der Waals surface area (Å²) in [4.78, 5) is 16.2. The van der Waals surface area contributed by atoms with Crippen molar-refractivity contribution in [3.8, 4) is 0 Å². The fourth-order valence-corrected chi connectivity index (χ4v) is 2.96. The standard InChI is InChI=1S/C15H29N3O2/c1-15(14(19)20,16-12-6-7-12)8-10-18-9-4-5-13(11-18)17(2)3/h12-13,16H,4-11H2,1-3H3,(H,19,20). The number of hydrogen-bond acceptors (Lipinski definition) is 4. The number of aliphatic carboxylic acids is 1. The van der Waals surface area contributed by atoms with Crippen LogP contribution >= 0.6 is 0 Å². The zero-order chi connectivity index (χ0) is 14.8. The second kappa shape index (κ2) is 6.41. The molecule has 0 aromatic rings. The first-order valence-electron chi connectivity index (χ1n) is 7.80. The Morgan fingerprint density at radius 3 is 2.65 bits per heavy atom. The van der Waals surface area contributed by atoms with Crippen molar-refractivity contribution in [2.24, 2.45) is 0 Å². The van der Waals surface area contributed by atoms with E-state index in [4.69, 9.17) is 0 Å². The molecule has 1 saturated heterocycles. The highest BCUT2D eigenvalue weighted by Crippen LogP contribution is 2.25. The van der Waals surface area contributed by atoms with Crippen LogP contribution in [0.3, 0.4) is 0 Å². The molecular weight excluding hydrogens is 254 g/mol. The number of carboxylic acids is 1. The van der Waals surface area contributed by atoms with Crippen molar-refractivity contribution >= 4 is 5.97 Å². The van der Waals surface area contributed by atoms with Gasteiger partial charge in [0, 0.05) is 25.2 Å². The molecule has 1 heterocycles. The highest BCUT2D eigenvalue weighted by molar-refractivity contribution is 5.78. The molecule has 0 radical (unpaired) electrons. The normalized spacial score (nSPS) is 27.5. The Morgan fingerprint density at radius 1 is 1.40 bits per heavy atom. The summed E-state index contributed by atoms with van der Waals surface area (Å²) in [7, 11) is 4.26. The van der Waals surface area contributed by atoms with E-state index in [0.717, 1.165) is 32.5 Å². The van der Waals surface area contributed by atoms with E-state index in [0.29, 0.717) is 18.5 Å². The smallest absolute Gasteiger partial charge is 0.323 e. The van der Waals surface area contributed by atoms with E-state index < -0.39 is 11.5 Å². The van der Waals surface area contributed by atoms with Crippen molar-refractivity contribution in [1.29, 1.82) is 0 Å². The fraction of sp³-hybridized carbons (Fsp3) is 0.933. The lowest BCUT2D eigenvalue weighted by atomic mass is 9.96. The second-order valence-corrected chi connectivity index (χ2v) is 6.87. The largest absolute Gasteiger partial charge is 0.480 e. The number of rotatable bonds is 7. The molecule has 0 amide bonds. The van der Waals surface area contributed by atoms with Gasteiger partial charge >= 0.3 is 5.97 Å². The molecule has 1 saturated carbocycles. The van der Waals surface area contributed by atoms with Gasteiger partial charge in [0.1, 0.15) is 5.54 Å². The van der Waals surface area contributed by atoms with E-state index in [2.05, 4.69) is 29.2 Å². The lowest BCUT2D eigenvalue weighted by Crippen LogP contribution is -2.53. The molecule has 116 valence electrons. The quantitative estimate of drug-likeness (QED) is 0.730. The number of piperidine rings is 1. The second-order valence-electron chi connectivity index (χ2n) is 6.87. The van der Waals surface area contributed by atoms with Gasteiger partial charge in [0.2, 0.25) is 0 Å². The Hall–Kier alpha value is -0.650. The number of hydrogen-bond donors (Lipinski definition) is 2. The summed E-state index contributed by atoms with van der Waals surface area (Å²) >= 11 is 0. The molecule has 2 atom stereocenters. The maximum Gasteiger partial charge on any atom is 0.323 e. The number of nitrogens with one attached hydrogen (secondary N) is 1. The first kappa shape index (κ1) is 15.7. The highest BCUT2D eigenvalue weighted by Gasteiger charge is 2.38. The van der Waals surface area contributed by atoms with Crippen LogP contribution in [0, 0.1) is 0 Å². The molecule has 5 heteroatoms. The van der Waals surface area contributed by atoms with Crippen molar-refractivity contribution in [3.05, 3.63) is 0 Å². The number of likely N-dealkylation sites (tertiary alicyclic amines) is 1. The first-order chi connectivity index (χ1) is 9.40. The molecule has 2 unspecified atom stereocenters. The van der Waals surface area contributed by atoms with Crippen molar-refractivity contribution in [3.63, 3.8) is 0 Å². The maximum atomic E-state index is 11.5. The zero-order valence-electron chi connectivity index (χ0n) is 13.1. The van der Waals surface area contributed by atoms with E-state index in [-0.39, 0.29) is 0 Å². The molecule has 2 fully saturated rings. The van der Waals surface area contributed by atoms with Crippen LogP contribution in [-0.2, 0) is 4.79 Å². The minimum absolute atomic E-state index is 0.423. The lowest BCUT2D eigenvalue weighted by Gasteiger charge is -2.37. The molecular formula is C15H29N3O2. The third kappa shape index (κ3) is 4.17. The van der Waals surface area contributed by atoms with Crippen LogP contribution in [0.15, 0.2) is 0 Å². The summed E-state index contributed by atoms with van der Waals surface area (Å²) < 4.78 is 0. The molecule has 0 aromatic carbocycles. The molecule has 1 aliphatic heterocycles. The lowest BCUT2D eigenvalue weighted by molar-refractivity contribution is -0.144. The van der Waals surface area contributed by atoms with Gasteiger partial charge in [-0.15, -0.1) is 0 Å². The van der Waals surface area contributed by atoms with Crippen LogP contribution in [0.4, 0.5) is 0 Å². The van der Waals surface area contributed by atoms with Crippen LogP contribution in [0.2, 0.25) is 0 Å². The van der Waals surface area contributed by atoms with Gasteiger partial charge in [0.15, 0.2) is 0 Å². The summed E-state index contributed by atoms with van der Waals surface area (Å²) in [6.07, 6.45) is 5.38. The van der Waals surface area contributed by atoms with E-state index in [1.165, 1.54) is 12.8 Å². The fourth-order valence-electron chi connectivity index (χ4n) is 2.96. The van der Waals surface area contributed by atoms with Crippen LogP contribution in [0.5, 0.6) is 0 Å². The Morgan fingerprint density at radius 2 is 2.10 bits per heavy atom. The Bertz CT molecular complexity index is 344. The molecule has 20 heavy (non-hydrogen) atoms. The Labute approximate surface area is 122 Å². The van der Waals surface area contributed by atoms with Crippen LogP contribution < -0.4 is 5.32 Å². The number of carboxylic acid groups (broad SMARTS) is 1. The summed E-state index contributed by atoms with van der Waals surface area (Å²) in [6, 6.07) is 1.03. The van der Waals surface area contributed by atoms with Gasteiger partial charge < -0.3 is 14.9 Å². The first-order valence-corrected chi connectivity index (χ1v) is 7.80. The van der Waals surface area contributed by atoms with Gasteiger partial charge in [-0.2, -0.15) is 0 Å². The van der Waals surface area contributed by atoms with Gasteiger partial charge in [0.05, 0.1) is 0 Å². The van der Waals surface area contributed by atoms with Crippen LogP contribution in [0.25, 0.3) is 0 Å². The average Bonchev–Trinajstić information content (AvgIpc) is 3.20. The summed E-state index contributed by atoms with van der Waals surface area (Å²) in [6.45, 7) is 4.86. The van der Waals surface area contributed by atoms with Crippen LogP contribution in [0.1, 0.15) is 39.0 Å².